The molecule has 170 valence electrons. The lowest BCUT2D eigenvalue weighted by molar-refractivity contribution is -0.144. The monoisotopic (exact) mass is 436 g/mol. The molecule has 4 heteroatoms. The number of hydrogen-bond acceptors (Lipinski definition) is 3. The fourth-order valence-corrected chi connectivity index (χ4v) is 4.82. The van der Waals surface area contributed by atoms with Gasteiger partial charge in [0, 0.05) is 24.5 Å². The van der Waals surface area contributed by atoms with E-state index >= 15 is 0 Å². The van der Waals surface area contributed by atoms with Crippen LogP contribution >= 0.6 is 11.6 Å². The van der Waals surface area contributed by atoms with Crippen molar-refractivity contribution < 1.29 is 14.3 Å². The molecular weight excluding hydrogens is 396 g/mol. The quantitative estimate of drug-likeness (QED) is 0.220. The van der Waals surface area contributed by atoms with Gasteiger partial charge in [-0.2, -0.15) is 0 Å². The van der Waals surface area contributed by atoms with Crippen LogP contribution in [0.15, 0.2) is 18.2 Å². The number of methoxy groups -OCH3 is 1. The molecule has 0 bridgehead atoms. The van der Waals surface area contributed by atoms with Crippen molar-refractivity contribution in [1.82, 2.24) is 0 Å². The third-order valence-corrected chi connectivity index (χ3v) is 6.67. The van der Waals surface area contributed by atoms with Crippen molar-refractivity contribution in [2.75, 3.05) is 20.3 Å². The lowest BCUT2D eigenvalue weighted by Crippen LogP contribution is -2.17. The van der Waals surface area contributed by atoms with Gasteiger partial charge in [0.05, 0.1) is 6.61 Å². The second kappa shape index (κ2) is 14.9. The maximum atomic E-state index is 12.2. The zero-order valence-electron chi connectivity index (χ0n) is 19.1. The normalized spacial score (nSPS) is 15.8. The average Bonchev–Trinajstić information content (AvgIpc) is 2.76. The van der Waals surface area contributed by atoms with Crippen LogP contribution < -0.4 is 0 Å². The molecule has 0 saturated heterocycles. The maximum absolute atomic E-state index is 12.2. The van der Waals surface area contributed by atoms with Gasteiger partial charge in [-0.05, 0) is 42.4 Å². The van der Waals surface area contributed by atoms with Crippen molar-refractivity contribution in [3.05, 3.63) is 34.3 Å². The van der Waals surface area contributed by atoms with Crippen LogP contribution in [-0.4, -0.2) is 26.3 Å². The topological polar surface area (TPSA) is 35.5 Å². The van der Waals surface area contributed by atoms with Crippen LogP contribution in [0.2, 0.25) is 5.02 Å². The van der Waals surface area contributed by atoms with Crippen LogP contribution in [0.5, 0.6) is 0 Å². The van der Waals surface area contributed by atoms with E-state index in [0.717, 1.165) is 23.4 Å². The molecule has 1 aliphatic rings. The molecule has 0 spiro atoms. The molecule has 1 unspecified atom stereocenters. The highest BCUT2D eigenvalue weighted by Gasteiger charge is 2.20. The Morgan fingerprint density at radius 3 is 2.40 bits per heavy atom. The lowest BCUT2D eigenvalue weighted by atomic mass is 9.83. The van der Waals surface area contributed by atoms with Crippen LogP contribution in [0, 0.1) is 0 Å². The van der Waals surface area contributed by atoms with Gasteiger partial charge in [0.2, 0.25) is 0 Å². The van der Waals surface area contributed by atoms with Gasteiger partial charge < -0.3 is 9.47 Å². The molecule has 0 N–H and O–H groups in total. The Morgan fingerprint density at radius 1 is 1.03 bits per heavy atom. The van der Waals surface area contributed by atoms with E-state index in [4.69, 9.17) is 21.1 Å². The average molecular weight is 437 g/mol. The van der Waals surface area contributed by atoms with Crippen LogP contribution in [-0.2, 0) is 14.3 Å². The number of carbonyl (C=O) groups excluding carboxylic acids is 1. The first-order valence-corrected chi connectivity index (χ1v) is 12.5. The fourth-order valence-electron chi connectivity index (χ4n) is 4.48. The van der Waals surface area contributed by atoms with Crippen LogP contribution in [0.3, 0.4) is 0 Å². The first kappa shape index (κ1) is 25.2. The minimum atomic E-state index is -0.102. The Balaban J connectivity index is 1.79. The number of unbranched alkanes of at least 4 members (excludes halogenated alkanes) is 6. The molecule has 1 aliphatic carbocycles. The summed E-state index contributed by atoms with van der Waals surface area (Å²) in [5.41, 5.74) is 2.36. The van der Waals surface area contributed by atoms with E-state index in [9.17, 15) is 4.79 Å². The summed E-state index contributed by atoms with van der Waals surface area (Å²) in [5, 5.41) is 0.843. The van der Waals surface area contributed by atoms with Gasteiger partial charge in [-0.15, -0.1) is 0 Å². The van der Waals surface area contributed by atoms with Gasteiger partial charge in [0.1, 0.15) is 6.61 Å². The predicted octanol–water partition coefficient (Wildman–Crippen LogP) is 7.80. The molecule has 0 aromatic heterocycles. The van der Waals surface area contributed by atoms with E-state index in [-0.39, 0.29) is 11.9 Å². The van der Waals surface area contributed by atoms with Gasteiger partial charge in [-0.1, -0.05) is 88.4 Å². The Hall–Kier alpha value is -1.06. The van der Waals surface area contributed by atoms with E-state index in [0.29, 0.717) is 25.6 Å². The molecule has 0 aliphatic heterocycles. The van der Waals surface area contributed by atoms with Gasteiger partial charge in [-0.25, -0.2) is 0 Å². The highest BCUT2D eigenvalue weighted by molar-refractivity contribution is 6.31. The van der Waals surface area contributed by atoms with Gasteiger partial charge in [0.15, 0.2) is 0 Å². The summed E-state index contributed by atoms with van der Waals surface area (Å²) < 4.78 is 11.0. The third-order valence-electron chi connectivity index (χ3n) is 6.34. The van der Waals surface area contributed by atoms with Crippen LogP contribution in [0.1, 0.15) is 113 Å². The summed E-state index contributed by atoms with van der Waals surface area (Å²) in [6.45, 7) is 3.10. The number of rotatable bonds is 14. The first-order chi connectivity index (χ1) is 14.7. The molecule has 0 heterocycles. The molecular formula is C26H41ClO3. The van der Waals surface area contributed by atoms with Crippen molar-refractivity contribution in [2.45, 2.75) is 102 Å². The smallest absolute Gasteiger partial charge is 0.305 e. The highest BCUT2D eigenvalue weighted by Crippen LogP contribution is 2.37. The summed E-state index contributed by atoms with van der Waals surface area (Å²) >= 11 is 6.65. The van der Waals surface area contributed by atoms with Crippen LogP contribution in [0.25, 0.3) is 0 Å². The second-order valence-corrected chi connectivity index (χ2v) is 9.23. The Labute approximate surface area is 188 Å². The summed E-state index contributed by atoms with van der Waals surface area (Å²) in [4.78, 5) is 12.2. The van der Waals surface area contributed by atoms with Crippen molar-refractivity contribution in [3.8, 4) is 0 Å². The maximum Gasteiger partial charge on any atom is 0.305 e. The van der Waals surface area contributed by atoms with E-state index in [2.05, 4.69) is 25.1 Å². The summed E-state index contributed by atoms with van der Waals surface area (Å²) in [6.07, 6.45) is 15.3. The number of carbonyl (C=O) groups is 1. The van der Waals surface area contributed by atoms with Crippen molar-refractivity contribution in [1.29, 1.82) is 0 Å². The fraction of sp³-hybridized carbons (Fsp3) is 0.731. The van der Waals surface area contributed by atoms with Crippen molar-refractivity contribution in [3.63, 3.8) is 0 Å². The number of hydrogen-bond donors (Lipinski definition) is 0. The number of ether oxygens (including phenoxy) is 2. The molecule has 2 rings (SSSR count). The lowest BCUT2D eigenvalue weighted by Gasteiger charge is -2.24. The molecule has 1 fully saturated rings. The Kier molecular flexibility index (Phi) is 12.5. The molecule has 30 heavy (non-hydrogen) atoms. The highest BCUT2D eigenvalue weighted by atomic mass is 35.5. The molecule has 1 aromatic carbocycles. The largest absolute Gasteiger partial charge is 0.465 e. The molecule has 1 saturated carbocycles. The molecule has 1 aromatic rings. The Morgan fingerprint density at radius 2 is 1.73 bits per heavy atom. The molecule has 0 amide bonds. The summed E-state index contributed by atoms with van der Waals surface area (Å²) in [5.74, 6) is 0.501. The Bertz CT molecular complexity index is 610. The second-order valence-electron chi connectivity index (χ2n) is 8.82. The van der Waals surface area contributed by atoms with E-state index in [1.165, 1.54) is 69.8 Å². The van der Waals surface area contributed by atoms with E-state index < -0.39 is 0 Å². The first-order valence-electron chi connectivity index (χ1n) is 12.1. The van der Waals surface area contributed by atoms with Gasteiger partial charge in [-0.3, -0.25) is 4.79 Å². The van der Waals surface area contributed by atoms with E-state index in [1.807, 2.05) is 0 Å². The van der Waals surface area contributed by atoms with Gasteiger partial charge >= 0.3 is 5.97 Å². The van der Waals surface area contributed by atoms with Crippen molar-refractivity contribution >= 4 is 17.6 Å². The minimum Gasteiger partial charge on any atom is -0.465 e. The number of halogens is 1. The summed E-state index contributed by atoms with van der Waals surface area (Å²) in [7, 11) is 1.69. The number of esters is 1. The molecule has 1 atom stereocenters. The zero-order chi connectivity index (χ0) is 21.6. The minimum absolute atomic E-state index is 0.0194. The summed E-state index contributed by atoms with van der Waals surface area (Å²) in [6, 6.07) is 6.37. The van der Waals surface area contributed by atoms with Gasteiger partial charge in [0.25, 0.3) is 0 Å². The third kappa shape index (κ3) is 8.98. The molecule has 3 nitrogen and oxygen atoms in total. The zero-order valence-corrected chi connectivity index (χ0v) is 19.9. The SMILES string of the molecule is CCCCCCCCCC(=O)OCC(COC)c1ccc(C2CCCCC2)c(Cl)c1. The number of benzene rings is 1. The molecule has 0 radical (unpaired) electrons. The predicted molar refractivity (Wildman–Crippen MR) is 125 cm³/mol. The van der Waals surface area contributed by atoms with E-state index in [1.54, 1.807) is 7.11 Å². The van der Waals surface area contributed by atoms with Crippen LogP contribution in [0.4, 0.5) is 0 Å². The standard InChI is InChI=1S/C26H41ClO3/c1-3-4-5-6-7-8-12-15-26(28)30-20-23(19-29-2)22-16-17-24(25(27)18-22)21-13-10-9-11-14-21/h16-18,21,23H,3-15,19-20H2,1-2H3. The van der Waals surface area contributed by atoms with Crippen molar-refractivity contribution in [2.24, 2.45) is 0 Å².